The fraction of sp³-hybridized carbons (Fsp3) is 0.406. The fourth-order valence-electron chi connectivity index (χ4n) is 5.57. The van der Waals surface area contributed by atoms with E-state index >= 15 is 0 Å². The number of carbonyl (C=O) groups is 1. The number of hydrogen-bond acceptors (Lipinski definition) is 6. The third-order valence-corrected chi connectivity index (χ3v) is 8.02. The molecule has 40 heavy (non-hydrogen) atoms. The lowest BCUT2D eigenvalue weighted by Crippen LogP contribution is -2.48. The van der Waals surface area contributed by atoms with Gasteiger partial charge in [-0.3, -0.25) is 10.0 Å². The second-order valence-electron chi connectivity index (χ2n) is 10.6. The Morgan fingerprint density at radius 2 is 1.93 bits per heavy atom. The number of amides is 1. The number of piperidine rings is 1. The van der Waals surface area contributed by atoms with Crippen molar-refractivity contribution >= 4 is 11.6 Å². The number of pyridine rings is 1. The average Bonchev–Trinajstić information content (AvgIpc) is 2.98. The summed E-state index contributed by atoms with van der Waals surface area (Å²) < 4.78 is 6.36. The van der Waals surface area contributed by atoms with E-state index in [0.717, 1.165) is 66.2 Å². The highest BCUT2D eigenvalue weighted by molar-refractivity contribution is 5.96. The maximum Gasteiger partial charge on any atom is 0.258 e. The van der Waals surface area contributed by atoms with Gasteiger partial charge in [-0.15, -0.1) is 0 Å². The zero-order valence-corrected chi connectivity index (χ0v) is 23.9. The summed E-state index contributed by atoms with van der Waals surface area (Å²) >= 11 is 0. The van der Waals surface area contributed by atoms with Crippen LogP contribution >= 0.6 is 0 Å². The summed E-state index contributed by atoms with van der Waals surface area (Å²) in [6.45, 7) is 9.11. The van der Waals surface area contributed by atoms with Crippen LogP contribution in [0.15, 0.2) is 60.8 Å². The topological polar surface area (TPSA) is 92.7 Å². The number of aromatic nitrogens is 1. The molecule has 3 aromatic rings. The molecule has 1 unspecified atom stereocenters. The van der Waals surface area contributed by atoms with Gasteiger partial charge in [-0.05, 0) is 80.6 Å². The number of ether oxygens (including phenoxy) is 1. The number of benzene rings is 2. The Morgan fingerprint density at radius 3 is 2.60 bits per heavy atom. The van der Waals surface area contributed by atoms with Crippen LogP contribution < -0.4 is 19.7 Å². The van der Waals surface area contributed by atoms with Crippen LogP contribution in [0.5, 0.6) is 5.75 Å². The Balaban J connectivity index is 1.36. The third-order valence-electron chi connectivity index (χ3n) is 8.02. The SMILES string of the molecule is COc1ccc(N(Cc2cccc(C#N)c2)C2CCN(C(C)CCNC(=O)c3c(C)cc[n+](O)c3C)CC2)cc1. The number of rotatable bonds is 10. The van der Waals surface area contributed by atoms with Crippen molar-refractivity contribution < 1.29 is 19.5 Å². The van der Waals surface area contributed by atoms with E-state index in [9.17, 15) is 15.3 Å². The van der Waals surface area contributed by atoms with E-state index in [4.69, 9.17) is 4.74 Å². The molecule has 4 rings (SSSR count). The summed E-state index contributed by atoms with van der Waals surface area (Å²) in [5.74, 6) is 0.680. The molecular formula is C32H40N5O3+. The van der Waals surface area contributed by atoms with Crippen LogP contribution in [0.3, 0.4) is 0 Å². The quantitative estimate of drug-likeness (QED) is 0.292. The number of likely N-dealkylation sites (tertiary alicyclic amines) is 1. The molecule has 1 atom stereocenters. The molecule has 1 amide bonds. The van der Waals surface area contributed by atoms with Crippen LogP contribution in [-0.4, -0.2) is 54.8 Å². The van der Waals surface area contributed by atoms with Gasteiger partial charge in [-0.1, -0.05) is 12.1 Å². The van der Waals surface area contributed by atoms with Gasteiger partial charge in [0.1, 0.15) is 11.3 Å². The summed E-state index contributed by atoms with van der Waals surface area (Å²) in [5, 5.41) is 22.3. The largest absolute Gasteiger partial charge is 0.497 e. The van der Waals surface area contributed by atoms with E-state index < -0.39 is 0 Å². The number of nitrogens with zero attached hydrogens (tertiary/aromatic N) is 4. The fourth-order valence-corrected chi connectivity index (χ4v) is 5.57. The van der Waals surface area contributed by atoms with Gasteiger partial charge in [-0.2, -0.15) is 5.26 Å². The summed E-state index contributed by atoms with van der Waals surface area (Å²) in [4.78, 5) is 17.8. The van der Waals surface area contributed by atoms with Crippen molar-refractivity contribution in [2.45, 2.75) is 58.7 Å². The number of nitriles is 1. The van der Waals surface area contributed by atoms with E-state index in [2.05, 4.69) is 46.3 Å². The smallest absolute Gasteiger partial charge is 0.258 e. The van der Waals surface area contributed by atoms with Gasteiger partial charge in [0.15, 0.2) is 0 Å². The molecule has 1 saturated heterocycles. The molecule has 2 heterocycles. The molecular weight excluding hydrogens is 502 g/mol. The van der Waals surface area contributed by atoms with E-state index in [1.807, 2.05) is 37.3 Å². The first-order chi connectivity index (χ1) is 19.3. The summed E-state index contributed by atoms with van der Waals surface area (Å²) in [7, 11) is 1.68. The van der Waals surface area contributed by atoms with Crippen molar-refractivity contribution in [2.24, 2.45) is 0 Å². The predicted molar refractivity (Wildman–Crippen MR) is 155 cm³/mol. The highest BCUT2D eigenvalue weighted by Crippen LogP contribution is 2.28. The van der Waals surface area contributed by atoms with E-state index in [-0.39, 0.29) is 5.91 Å². The minimum Gasteiger partial charge on any atom is -0.497 e. The molecule has 2 N–H and O–H groups in total. The third kappa shape index (κ3) is 6.91. The van der Waals surface area contributed by atoms with Gasteiger partial charge in [0, 0.05) is 61.7 Å². The molecule has 210 valence electrons. The second-order valence-corrected chi connectivity index (χ2v) is 10.6. The number of methoxy groups -OCH3 is 1. The lowest BCUT2D eigenvalue weighted by atomic mass is 9.99. The van der Waals surface area contributed by atoms with Gasteiger partial charge < -0.3 is 19.9 Å². The van der Waals surface area contributed by atoms with E-state index in [1.54, 1.807) is 26.3 Å². The molecule has 0 radical (unpaired) electrons. The molecule has 1 aliphatic heterocycles. The highest BCUT2D eigenvalue weighted by atomic mass is 16.5. The van der Waals surface area contributed by atoms with Crippen molar-refractivity contribution in [2.75, 3.05) is 31.6 Å². The van der Waals surface area contributed by atoms with E-state index in [0.29, 0.717) is 35.4 Å². The first-order valence-electron chi connectivity index (χ1n) is 13.9. The Hall–Kier alpha value is -4.09. The first-order valence-corrected chi connectivity index (χ1v) is 13.9. The number of nitrogens with one attached hydrogen (secondary N) is 1. The van der Waals surface area contributed by atoms with Crippen LogP contribution in [0, 0.1) is 25.2 Å². The maximum atomic E-state index is 12.8. The van der Waals surface area contributed by atoms with E-state index in [1.165, 1.54) is 0 Å². The normalized spacial score (nSPS) is 14.8. The minimum absolute atomic E-state index is 0.153. The van der Waals surface area contributed by atoms with Crippen LogP contribution in [-0.2, 0) is 6.54 Å². The zero-order chi connectivity index (χ0) is 28.6. The van der Waals surface area contributed by atoms with Gasteiger partial charge in [-0.25, -0.2) is 0 Å². The van der Waals surface area contributed by atoms with Crippen molar-refractivity contribution in [1.82, 2.24) is 10.2 Å². The second kappa shape index (κ2) is 13.3. The monoisotopic (exact) mass is 542 g/mol. The Labute approximate surface area is 237 Å². The van der Waals surface area contributed by atoms with Crippen LogP contribution in [0.2, 0.25) is 0 Å². The molecule has 0 saturated carbocycles. The van der Waals surface area contributed by atoms with Gasteiger partial charge in [0.25, 0.3) is 5.91 Å². The Bertz CT molecular complexity index is 1340. The number of aryl methyl sites for hydroxylation is 1. The summed E-state index contributed by atoms with van der Waals surface area (Å²) in [6, 6.07) is 20.8. The maximum absolute atomic E-state index is 12.8. The van der Waals surface area contributed by atoms with Crippen molar-refractivity contribution in [1.29, 1.82) is 5.26 Å². The molecule has 2 aromatic carbocycles. The molecule has 0 spiro atoms. The van der Waals surface area contributed by atoms with Crippen molar-refractivity contribution in [3.8, 4) is 11.8 Å². The number of carbonyl (C=O) groups excluding carboxylic acids is 1. The lowest BCUT2D eigenvalue weighted by Gasteiger charge is -2.42. The van der Waals surface area contributed by atoms with Gasteiger partial charge >= 0.3 is 0 Å². The summed E-state index contributed by atoms with van der Waals surface area (Å²) in [5.41, 5.74) is 4.85. The molecule has 8 nitrogen and oxygen atoms in total. The number of anilines is 1. The van der Waals surface area contributed by atoms with Crippen molar-refractivity contribution in [3.05, 3.63) is 88.7 Å². The van der Waals surface area contributed by atoms with Gasteiger partial charge in [0.05, 0.1) is 18.7 Å². The average molecular weight is 543 g/mol. The molecule has 0 bridgehead atoms. The van der Waals surface area contributed by atoms with Crippen LogP contribution in [0.1, 0.15) is 58.9 Å². The number of hydrogen-bond donors (Lipinski definition) is 2. The lowest BCUT2D eigenvalue weighted by molar-refractivity contribution is -0.908. The van der Waals surface area contributed by atoms with Crippen LogP contribution in [0.4, 0.5) is 5.69 Å². The Kier molecular flexibility index (Phi) is 9.62. The molecule has 8 heteroatoms. The minimum atomic E-state index is -0.153. The molecule has 1 aromatic heterocycles. The zero-order valence-electron chi connectivity index (χ0n) is 23.9. The molecule has 1 aliphatic rings. The van der Waals surface area contributed by atoms with Gasteiger partial charge in [0.2, 0.25) is 11.9 Å². The van der Waals surface area contributed by atoms with Crippen LogP contribution in [0.25, 0.3) is 0 Å². The van der Waals surface area contributed by atoms with Crippen molar-refractivity contribution in [3.63, 3.8) is 0 Å². The molecule has 0 aliphatic carbocycles. The standard InChI is InChI=1S/C32H39N5O3/c1-23-13-19-37(39)25(3)31(23)32(38)34-16-12-24(2)35-17-14-29(15-18-35)36(28-8-10-30(40-4)11-9-28)22-27-7-5-6-26(20-27)21-33/h5-11,13,19-20,24,29H,12,14-18,22H2,1-4H3,(H-,34,38,39)/p+1. The summed E-state index contributed by atoms with van der Waals surface area (Å²) in [6.07, 6.45) is 4.45. The highest BCUT2D eigenvalue weighted by Gasteiger charge is 2.28. The Morgan fingerprint density at radius 1 is 1.20 bits per heavy atom. The first kappa shape index (κ1) is 28.9. The molecule has 1 fully saturated rings. The predicted octanol–water partition coefficient (Wildman–Crippen LogP) is 4.39.